The second-order valence-electron chi connectivity index (χ2n) is 14.5. The van der Waals surface area contributed by atoms with E-state index in [1.807, 2.05) is 108 Å². The molecule has 0 saturated carbocycles. The molecule has 4 bridgehead atoms. The molecule has 0 amide bonds. The van der Waals surface area contributed by atoms with Crippen LogP contribution < -0.4 is 10.2 Å². The van der Waals surface area contributed by atoms with E-state index < -0.39 is 22.3 Å². The zero-order chi connectivity index (χ0) is 33.0. The second kappa shape index (κ2) is 15.1. The summed E-state index contributed by atoms with van der Waals surface area (Å²) in [5.74, 6) is -0.617. The molecule has 9 nitrogen and oxygen atoms in total. The maximum atomic E-state index is 14.2. The van der Waals surface area contributed by atoms with Gasteiger partial charge in [0.1, 0.15) is 11.2 Å². The van der Waals surface area contributed by atoms with E-state index in [9.17, 15) is 10.2 Å². The third-order valence-corrected chi connectivity index (χ3v) is 8.57. The molecule has 2 aromatic rings. The van der Waals surface area contributed by atoms with Crippen LogP contribution in [0.2, 0.25) is 0 Å². The van der Waals surface area contributed by atoms with Gasteiger partial charge in [0, 0.05) is 32.7 Å². The van der Waals surface area contributed by atoms with Gasteiger partial charge in [0.2, 0.25) is 0 Å². The number of aliphatic imine (C=N–C) groups is 2. The number of hydrogen-bond acceptors (Lipinski definition) is 8. The van der Waals surface area contributed by atoms with Gasteiger partial charge in [-0.1, -0.05) is 84.9 Å². The molecular weight excluding hydrogens is 642 g/mol. The average Bonchev–Trinajstić information content (AvgIpc) is 2.99. The van der Waals surface area contributed by atoms with Gasteiger partial charge in [-0.05, 0) is 71.0 Å². The molecule has 257 valence electrons. The van der Waals surface area contributed by atoms with Gasteiger partial charge in [-0.2, -0.15) is 0 Å². The van der Waals surface area contributed by atoms with Crippen LogP contribution in [0.4, 0.5) is 0 Å². The van der Waals surface area contributed by atoms with Gasteiger partial charge in [-0.3, -0.25) is 19.8 Å². The summed E-state index contributed by atoms with van der Waals surface area (Å²) >= 11 is 0. The van der Waals surface area contributed by atoms with E-state index in [1.165, 1.54) is 0 Å². The van der Waals surface area contributed by atoms with Crippen molar-refractivity contribution in [2.24, 2.45) is 9.98 Å². The molecule has 0 aromatic heterocycles. The molecule has 3 heterocycles. The van der Waals surface area contributed by atoms with Crippen molar-refractivity contribution in [1.29, 1.82) is 0 Å². The summed E-state index contributed by atoms with van der Waals surface area (Å²) in [5, 5.41) is 33.6. The van der Waals surface area contributed by atoms with Crippen molar-refractivity contribution in [3.8, 4) is 0 Å². The van der Waals surface area contributed by atoms with E-state index in [1.54, 1.807) is 0 Å². The Bertz CT molecular complexity index is 1460. The van der Waals surface area contributed by atoms with Crippen molar-refractivity contribution in [2.45, 2.75) is 83.1 Å². The predicted molar refractivity (Wildman–Crippen MR) is 180 cm³/mol. The standard InChI is InChI=1S/C37H50N5O4.Cu/c1-34(2)24-41-20-30-18-13-19-31(38-30)21-42(27-36(5,32(43)39-34)45-22-28-14-9-7-10-15-28)25-35(3,4)40-33(44)37(6,26-41)46-23-29-16-11-8-12-17-29;/h7-19,30H,20-27H2,1-6H3,(H,39,43)(H,40,44);/q-1;+2/p-2. The Morgan fingerprint density at radius 1 is 0.723 bits per heavy atom. The third kappa shape index (κ3) is 10.0. The third-order valence-electron chi connectivity index (χ3n) is 8.57. The van der Waals surface area contributed by atoms with E-state index >= 15 is 0 Å². The van der Waals surface area contributed by atoms with Crippen LogP contribution in [0.25, 0.3) is 5.32 Å². The first kappa shape index (κ1) is 36.8. The number of hydrogen-bond donors (Lipinski definition) is 0. The van der Waals surface area contributed by atoms with Crippen molar-refractivity contribution < 1.29 is 36.8 Å². The summed E-state index contributed by atoms with van der Waals surface area (Å²) in [4.78, 5) is 13.9. The molecule has 2 aromatic carbocycles. The van der Waals surface area contributed by atoms with Crippen molar-refractivity contribution in [3.05, 3.63) is 101 Å². The average molecular weight is 690 g/mol. The van der Waals surface area contributed by atoms with Crippen molar-refractivity contribution in [1.82, 2.24) is 9.80 Å². The minimum Gasteiger partial charge on any atom is -0.860 e. The van der Waals surface area contributed by atoms with Crippen LogP contribution in [0.3, 0.4) is 0 Å². The molecule has 10 heteroatoms. The normalized spacial score (nSPS) is 30.5. The molecule has 5 rings (SSSR count). The molecule has 0 fully saturated rings. The summed E-state index contributed by atoms with van der Waals surface area (Å²) in [6, 6.07) is 19.6. The summed E-state index contributed by atoms with van der Waals surface area (Å²) in [5.41, 5.74) is -1.25. The smallest absolute Gasteiger partial charge is 0.860 e. The summed E-state index contributed by atoms with van der Waals surface area (Å²) in [6.45, 7) is 14.3. The summed E-state index contributed by atoms with van der Waals surface area (Å²) in [6.07, 6.45) is 6.16. The van der Waals surface area contributed by atoms with Gasteiger partial charge in [0.05, 0.1) is 24.3 Å². The van der Waals surface area contributed by atoms with Crippen molar-refractivity contribution in [3.63, 3.8) is 0 Å². The largest absolute Gasteiger partial charge is 2.00 e. The van der Waals surface area contributed by atoms with E-state index in [4.69, 9.17) is 24.8 Å². The van der Waals surface area contributed by atoms with Gasteiger partial charge in [0.25, 0.3) is 0 Å². The molecule has 0 aliphatic carbocycles. The Morgan fingerprint density at radius 3 is 1.70 bits per heavy atom. The van der Waals surface area contributed by atoms with E-state index in [0.29, 0.717) is 26.2 Å². The molecule has 0 saturated heterocycles. The Hall–Kier alpha value is -2.98. The fourth-order valence-corrected chi connectivity index (χ4v) is 6.42. The minimum atomic E-state index is -1.26. The molecule has 5 unspecified atom stereocenters. The van der Waals surface area contributed by atoms with Crippen molar-refractivity contribution in [2.75, 3.05) is 39.3 Å². The summed E-state index contributed by atoms with van der Waals surface area (Å²) < 4.78 is 13.0. The van der Waals surface area contributed by atoms with Crippen LogP contribution in [0.15, 0.2) is 94.6 Å². The monoisotopic (exact) mass is 689 g/mol. The van der Waals surface area contributed by atoms with E-state index in [0.717, 1.165) is 16.8 Å². The molecule has 47 heavy (non-hydrogen) atoms. The summed E-state index contributed by atoms with van der Waals surface area (Å²) in [7, 11) is 0. The van der Waals surface area contributed by atoms with Crippen LogP contribution in [-0.4, -0.2) is 89.2 Å². The number of allylic oxidation sites excluding steroid dienone is 2. The number of fused-ring (bicyclic) bond motifs is 2. The van der Waals surface area contributed by atoms with Crippen molar-refractivity contribution >= 4 is 11.8 Å². The maximum absolute atomic E-state index is 14.2. The molecule has 3 aliphatic heterocycles. The predicted octanol–water partition coefficient (Wildman–Crippen LogP) is 3.84. The Labute approximate surface area is 290 Å². The SMILES string of the molecule is CC1(C)CN2CC3C=CC=C(CN(CC(C)(C)N=C([O-])C(C)(OCc4ccccc4)C2)CC(C)(OCc2ccccc2)C([O-])=N1)[N-]3.[Cu+2]. The first-order valence-electron chi connectivity index (χ1n) is 16.2. The molecule has 0 spiro atoms. The minimum absolute atomic E-state index is 0. The molecular formula is C37H48CuN5O4-. The van der Waals surface area contributed by atoms with Crippen LogP contribution in [0, 0.1) is 0 Å². The molecule has 1 radical (unpaired) electrons. The van der Waals surface area contributed by atoms with Gasteiger partial charge in [-0.25, -0.2) is 0 Å². The quantitative estimate of drug-likeness (QED) is 0.427. The number of rotatable bonds is 6. The van der Waals surface area contributed by atoms with Crippen LogP contribution in [0.1, 0.15) is 52.7 Å². The second-order valence-corrected chi connectivity index (χ2v) is 14.5. The zero-order valence-corrected chi connectivity index (χ0v) is 29.4. The van der Waals surface area contributed by atoms with E-state index in [2.05, 4.69) is 22.0 Å². The van der Waals surface area contributed by atoms with Crippen LogP contribution in [-0.2, 0) is 39.8 Å². The fraction of sp³-hybridized carbons (Fsp3) is 0.514. The number of benzene rings is 2. The molecule has 3 aliphatic rings. The Kier molecular flexibility index (Phi) is 11.8. The van der Waals surface area contributed by atoms with Gasteiger partial charge in [0.15, 0.2) is 0 Å². The maximum Gasteiger partial charge on any atom is 2.00 e. The van der Waals surface area contributed by atoms with Gasteiger partial charge < -0.3 is 25.0 Å². The topological polar surface area (TPSA) is 110 Å². The Morgan fingerprint density at radius 2 is 1.19 bits per heavy atom. The molecule has 5 atom stereocenters. The van der Waals surface area contributed by atoms with Gasteiger partial charge in [-0.15, -0.1) is 5.70 Å². The van der Waals surface area contributed by atoms with Crippen LogP contribution >= 0.6 is 0 Å². The number of ether oxygens (including phenoxy) is 2. The Balaban J connectivity index is 0.00000500. The zero-order valence-electron chi connectivity index (χ0n) is 28.4. The fourth-order valence-electron chi connectivity index (χ4n) is 6.42. The molecule has 0 N–H and O–H groups in total. The first-order valence-corrected chi connectivity index (χ1v) is 16.2. The van der Waals surface area contributed by atoms with Gasteiger partial charge >= 0.3 is 17.1 Å². The van der Waals surface area contributed by atoms with E-state index in [-0.39, 0.29) is 61.2 Å². The first-order chi connectivity index (χ1) is 21.7. The van der Waals surface area contributed by atoms with Crippen LogP contribution in [0.5, 0.6) is 0 Å². The number of nitrogens with zero attached hydrogens (tertiary/aromatic N) is 5.